The maximum absolute atomic E-state index is 11.9. The normalized spacial score (nSPS) is 19.7. The molecule has 0 bridgehead atoms. The number of hydrogen-bond acceptors (Lipinski definition) is 4. The topological polar surface area (TPSA) is 55.8 Å². The number of carbonyl (C=O) groups excluding carboxylic acids is 2. The molecule has 1 rings (SSSR count). The number of nitrogens with zero attached hydrogens (tertiary/aromatic N) is 1. The minimum Gasteiger partial charge on any atom is -0.469 e. The summed E-state index contributed by atoms with van der Waals surface area (Å²) >= 11 is 0. The predicted octanol–water partition coefficient (Wildman–Crippen LogP) is 1.21. The first kappa shape index (κ1) is 15.0. The summed E-state index contributed by atoms with van der Waals surface area (Å²) in [5.41, 5.74) is 0. The zero-order valence-corrected chi connectivity index (χ0v) is 11.3. The van der Waals surface area contributed by atoms with Gasteiger partial charge in [-0.15, -0.1) is 0 Å². The van der Waals surface area contributed by atoms with E-state index >= 15 is 0 Å². The van der Waals surface area contributed by atoms with Crippen molar-refractivity contribution in [2.45, 2.75) is 32.6 Å². The largest absolute Gasteiger partial charge is 0.469 e. The van der Waals surface area contributed by atoms with Gasteiger partial charge in [-0.05, 0) is 19.3 Å². The highest BCUT2D eigenvalue weighted by molar-refractivity contribution is 5.78. The molecule has 1 heterocycles. The summed E-state index contributed by atoms with van der Waals surface area (Å²) in [5, 5.41) is 0. The Balaban J connectivity index is 2.31. The van der Waals surface area contributed by atoms with Gasteiger partial charge in [0, 0.05) is 19.7 Å². The molecule has 1 aliphatic rings. The van der Waals surface area contributed by atoms with Gasteiger partial charge in [0.1, 0.15) is 0 Å². The van der Waals surface area contributed by atoms with Crippen LogP contribution in [0, 0.1) is 5.92 Å². The molecule has 5 heteroatoms. The number of carbonyl (C=O) groups is 2. The Bertz CT molecular complexity index is 280. The second-order valence-corrected chi connectivity index (χ2v) is 4.56. The number of amides is 1. The van der Waals surface area contributed by atoms with Crippen molar-refractivity contribution < 1.29 is 19.1 Å². The molecule has 0 aliphatic carbocycles. The number of esters is 1. The average molecular weight is 257 g/mol. The third-order valence-corrected chi connectivity index (χ3v) is 3.12. The van der Waals surface area contributed by atoms with E-state index in [1.807, 2.05) is 6.92 Å². The van der Waals surface area contributed by atoms with Crippen LogP contribution in [-0.2, 0) is 19.1 Å². The molecule has 1 amide bonds. The van der Waals surface area contributed by atoms with Crippen LogP contribution in [0.2, 0.25) is 0 Å². The molecule has 0 aromatic heterocycles. The summed E-state index contributed by atoms with van der Waals surface area (Å²) in [6.45, 7) is 4.41. The molecule has 0 radical (unpaired) electrons. The van der Waals surface area contributed by atoms with E-state index in [1.54, 1.807) is 4.90 Å². The summed E-state index contributed by atoms with van der Waals surface area (Å²) in [7, 11) is 1.39. The van der Waals surface area contributed by atoms with Crippen LogP contribution >= 0.6 is 0 Å². The molecular formula is C13H23NO4. The number of hydrogen-bond donors (Lipinski definition) is 0. The lowest BCUT2D eigenvalue weighted by atomic mass is 9.98. The number of ether oxygens (including phenoxy) is 2. The fourth-order valence-electron chi connectivity index (χ4n) is 2.13. The van der Waals surface area contributed by atoms with E-state index in [0.29, 0.717) is 26.2 Å². The van der Waals surface area contributed by atoms with Crippen LogP contribution in [0.4, 0.5) is 0 Å². The summed E-state index contributed by atoms with van der Waals surface area (Å²) in [6.07, 6.45) is 3.03. The van der Waals surface area contributed by atoms with Crippen molar-refractivity contribution in [2.24, 2.45) is 5.92 Å². The highest BCUT2D eigenvalue weighted by atomic mass is 16.5. The van der Waals surface area contributed by atoms with Crippen LogP contribution in [-0.4, -0.2) is 50.2 Å². The highest BCUT2D eigenvalue weighted by Crippen LogP contribution is 2.18. The van der Waals surface area contributed by atoms with E-state index in [0.717, 1.165) is 25.8 Å². The van der Waals surface area contributed by atoms with Gasteiger partial charge in [-0.1, -0.05) is 6.92 Å². The molecule has 18 heavy (non-hydrogen) atoms. The fraction of sp³-hybridized carbons (Fsp3) is 0.846. The lowest BCUT2D eigenvalue weighted by molar-refractivity contribution is -0.149. The molecule has 1 unspecified atom stereocenters. The van der Waals surface area contributed by atoms with Crippen molar-refractivity contribution in [3.8, 4) is 0 Å². The predicted molar refractivity (Wildman–Crippen MR) is 67.0 cm³/mol. The van der Waals surface area contributed by atoms with Crippen LogP contribution in [0.15, 0.2) is 0 Å². The molecule has 1 aliphatic heterocycles. The first-order chi connectivity index (χ1) is 8.69. The van der Waals surface area contributed by atoms with Crippen molar-refractivity contribution in [1.82, 2.24) is 4.90 Å². The van der Waals surface area contributed by atoms with Gasteiger partial charge in [-0.3, -0.25) is 9.59 Å². The molecule has 1 atom stereocenters. The Hall–Kier alpha value is -1.10. The van der Waals surface area contributed by atoms with Crippen LogP contribution in [0.25, 0.3) is 0 Å². The molecule has 1 fully saturated rings. The summed E-state index contributed by atoms with van der Waals surface area (Å²) in [4.78, 5) is 25.1. The van der Waals surface area contributed by atoms with Crippen molar-refractivity contribution in [3.05, 3.63) is 0 Å². The van der Waals surface area contributed by atoms with Crippen molar-refractivity contribution >= 4 is 11.9 Å². The highest BCUT2D eigenvalue weighted by Gasteiger charge is 2.28. The van der Waals surface area contributed by atoms with Crippen LogP contribution < -0.4 is 0 Å². The minimum atomic E-state index is -0.213. The molecule has 0 saturated carbocycles. The van der Waals surface area contributed by atoms with Crippen LogP contribution in [0.5, 0.6) is 0 Å². The van der Waals surface area contributed by atoms with Crippen molar-refractivity contribution in [1.29, 1.82) is 0 Å². The van der Waals surface area contributed by atoms with Gasteiger partial charge < -0.3 is 14.4 Å². The van der Waals surface area contributed by atoms with Crippen LogP contribution in [0.1, 0.15) is 32.6 Å². The molecule has 0 aromatic rings. The number of methoxy groups -OCH3 is 1. The second-order valence-electron chi connectivity index (χ2n) is 4.56. The van der Waals surface area contributed by atoms with Gasteiger partial charge in [0.2, 0.25) is 5.91 Å². The summed E-state index contributed by atoms with van der Waals surface area (Å²) in [6, 6.07) is 0. The molecule has 5 nitrogen and oxygen atoms in total. The van der Waals surface area contributed by atoms with Gasteiger partial charge in [0.05, 0.1) is 26.1 Å². The smallest absolute Gasteiger partial charge is 0.310 e. The van der Waals surface area contributed by atoms with Gasteiger partial charge in [0.15, 0.2) is 0 Å². The Kier molecular flexibility index (Phi) is 6.72. The van der Waals surface area contributed by atoms with Gasteiger partial charge in [0.25, 0.3) is 0 Å². The molecule has 0 aromatic carbocycles. The van der Waals surface area contributed by atoms with Crippen LogP contribution in [0.3, 0.4) is 0 Å². The summed E-state index contributed by atoms with van der Waals surface area (Å²) < 4.78 is 10.0. The molecular weight excluding hydrogens is 234 g/mol. The fourth-order valence-corrected chi connectivity index (χ4v) is 2.13. The third-order valence-electron chi connectivity index (χ3n) is 3.12. The standard InChI is InChI=1S/C13H23NO4/c1-3-8-18-9-6-12(15)14-7-4-5-11(10-14)13(16)17-2/h11H,3-10H2,1-2H3. The maximum atomic E-state index is 11.9. The quantitative estimate of drug-likeness (QED) is 0.530. The van der Waals surface area contributed by atoms with E-state index in [4.69, 9.17) is 9.47 Å². The number of likely N-dealkylation sites (tertiary alicyclic amines) is 1. The van der Waals surface area contributed by atoms with Crippen molar-refractivity contribution in [3.63, 3.8) is 0 Å². The monoisotopic (exact) mass is 257 g/mol. The number of piperidine rings is 1. The van der Waals surface area contributed by atoms with E-state index in [2.05, 4.69) is 0 Å². The van der Waals surface area contributed by atoms with E-state index in [-0.39, 0.29) is 17.8 Å². The van der Waals surface area contributed by atoms with Gasteiger partial charge in [-0.2, -0.15) is 0 Å². The lowest BCUT2D eigenvalue weighted by Gasteiger charge is -2.31. The SMILES string of the molecule is CCCOCCC(=O)N1CCCC(C(=O)OC)C1. The Labute approximate surface area is 108 Å². The molecule has 0 spiro atoms. The van der Waals surface area contributed by atoms with Crippen molar-refractivity contribution in [2.75, 3.05) is 33.4 Å². The van der Waals surface area contributed by atoms with E-state index in [1.165, 1.54) is 7.11 Å². The molecule has 104 valence electrons. The lowest BCUT2D eigenvalue weighted by Crippen LogP contribution is -2.42. The first-order valence-corrected chi connectivity index (χ1v) is 6.62. The minimum absolute atomic E-state index is 0.0692. The Morgan fingerprint density at radius 3 is 2.78 bits per heavy atom. The number of rotatable bonds is 6. The first-order valence-electron chi connectivity index (χ1n) is 6.62. The Morgan fingerprint density at radius 1 is 1.33 bits per heavy atom. The maximum Gasteiger partial charge on any atom is 0.310 e. The zero-order chi connectivity index (χ0) is 13.4. The molecule has 1 saturated heterocycles. The second kappa shape index (κ2) is 8.08. The van der Waals surface area contributed by atoms with E-state index in [9.17, 15) is 9.59 Å². The van der Waals surface area contributed by atoms with Gasteiger partial charge in [-0.25, -0.2) is 0 Å². The molecule has 0 N–H and O–H groups in total. The zero-order valence-electron chi connectivity index (χ0n) is 11.3. The average Bonchev–Trinajstić information content (AvgIpc) is 2.42. The Morgan fingerprint density at radius 2 is 2.11 bits per heavy atom. The summed E-state index contributed by atoms with van der Waals surface area (Å²) in [5.74, 6) is -0.307. The van der Waals surface area contributed by atoms with E-state index < -0.39 is 0 Å². The van der Waals surface area contributed by atoms with Gasteiger partial charge >= 0.3 is 5.97 Å². The third kappa shape index (κ3) is 4.64.